The molecule has 1 aromatic carbocycles. The number of pyridine rings is 1. The fourth-order valence-corrected chi connectivity index (χ4v) is 4.13. The van der Waals surface area contributed by atoms with Crippen LogP contribution in [-0.4, -0.2) is 56.0 Å². The summed E-state index contributed by atoms with van der Waals surface area (Å²) >= 11 is 0. The molecule has 176 valence electrons. The molecule has 0 saturated carbocycles. The Morgan fingerprint density at radius 2 is 1.88 bits per heavy atom. The van der Waals surface area contributed by atoms with Crippen molar-refractivity contribution in [1.82, 2.24) is 35.1 Å². The lowest BCUT2D eigenvalue weighted by atomic mass is 10.0. The van der Waals surface area contributed by atoms with E-state index in [1.807, 2.05) is 12.1 Å². The maximum atomic E-state index is 13.2. The number of alkyl halides is 3. The van der Waals surface area contributed by atoms with E-state index in [0.29, 0.717) is 28.4 Å². The molecule has 1 fully saturated rings. The van der Waals surface area contributed by atoms with Gasteiger partial charge in [-0.25, -0.2) is 19.9 Å². The summed E-state index contributed by atoms with van der Waals surface area (Å²) in [7, 11) is 0. The van der Waals surface area contributed by atoms with Gasteiger partial charge < -0.3 is 15.6 Å². The van der Waals surface area contributed by atoms with Crippen LogP contribution < -0.4 is 10.6 Å². The monoisotopic (exact) mass is 468 g/mol. The number of nitrogens with one attached hydrogen (secondary N) is 3. The molecule has 3 aromatic heterocycles. The van der Waals surface area contributed by atoms with Crippen LogP contribution in [0.4, 0.5) is 24.9 Å². The molecule has 0 bridgehead atoms. The van der Waals surface area contributed by atoms with E-state index in [2.05, 4.69) is 40.5 Å². The molecule has 3 N–H and O–H groups in total. The van der Waals surface area contributed by atoms with Gasteiger partial charge in [0.2, 0.25) is 5.95 Å². The van der Waals surface area contributed by atoms with Gasteiger partial charge >= 0.3 is 6.18 Å². The summed E-state index contributed by atoms with van der Waals surface area (Å²) in [5.74, 6) is 1.16. The van der Waals surface area contributed by atoms with Crippen molar-refractivity contribution in [2.75, 3.05) is 31.5 Å². The number of piperazine rings is 1. The molecule has 0 amide bonds. The molecule has 1 aliphatic rings. The third-order valence-corrected chi connectivity index (χ3v) is 5.79. The highest BCUT2D eigenvalue weighted by Gasteiger charge is 2.35. The molecule has 8 nitrogen and oxygen atoms in total. The average molecular weight is 468 g/mol. The number of H-pyrrole nitrogens is 1. The van der Waals surface area contributed by atoms with E-state index in [4.69, 9.17) is 0 Å². The number of anilines is 2. The van der Waals surface area contributed by atoms with Gasteiger partial charge in [0.15, 0.2) is 5.69 Å². The second kappa shape index (κ2) is 8.99. The first-order valence-corrected chi connectivity index (χ1v) is 10.9. The van der Waals surface area contributed by atoms with Crippen molar-refractivity contribution in [3.05, 3.63) is 59.7 Å². The lowest BCUT2D eigenvalue weighted by Gasteiger charge is -2.27. The van der Waals surface area contributed by atoms with Crippen LogP contribution in [-0.2, 0) is 12.7 Å². The Bertz CT molecular complexity index is 1310. The van der Waals surface area contributed by atoms with Crippen LogP contribution in [0.25, 0.3) is 22.3 Å². The fraction of sp³-hybridized carbons (Fsp3) is 0.304. The Labute approximate surface area is 193 Å². The van der Waals surface area contributed by atoms with Crippen LogP contribution in [0.2, 0.25) is 0 Å². The van der Waals surface area contributed by atoms with E-state index in [1.54, 1.807) is 24.4 Å². The maximum absolute atomic E-state index is 13.2. The van der Waals surface area contributed by atoms with Crippen molar-refractivity contribution < 1.29 is 13.2 Å². The number of halogens is 3. The van der Waals surface area contributed by atoms with Crippen LogP contribution >= 0.6 is 0 Å². The number of hydrogen-bond acceptors (Lipinski definition) is 7. The molecular formula is C23H23F3N8. The lowest BCUT2D eigenvalue weighted by molar-refractivity contribution is -0.141. The minimum atomic E-state index is -4.54. The summed E-state index contributed by atoms with van der Waals surface area (Å²) in [6, 6.07) is 9.17. The molecule has 1 aliphatic heterocycles. The molecule has 0 unspecified atom stereocenters. The Morgan fingerprint density at radius 1 is 1.06 bits per heavy atom. The molecule has 1 saturated heterocycles. The second-order valence-corrected chi connectivity index (χ2v) is 8.21. The molecule has 4 aromatic rings. The van der Waals surface area contributed by atoms with E-state index in [9.17, 15) is 13.2 Å². The summed E-state index contributed by atoms with van der Waals surface area (Å²) in [5.41, 5.74) is 2.32. The molecule has 5 rings (SSSR count). The number of aromatic nitrogens is 5. The topological polar surface area (TPSA) is 94.7 Å². The van der Waals surface area contributed by atoms with Crippen LogP contribution in [0.5, 0.6) is 0 Å². The van der Waals surface area contributed by atoms with Crippen LogP contribution in [0.15, 0.2) is 42.9 Å². The van der Waals surface area contributed by atoms with E-state index >= 15 is 0 Å². The highest BCUT2D eigenvalue weighted by molar-refractivity contribution is 5.83. The van der Waals surface area contributed by atoms with Gasteiger partial charge in [-0.05, 0) is 36.8 Å². The van der Waals surface area contributed by atoms with Gasteiger partial charge in [0.05, 0.1) is 16.7 Å². The summed E-state index contributed by atoms with van der Waals surface area (Å²) in [6.45, 7) is 6.22. The predicted molar refractivity (Wildman–Crippen MR) is 123 cm³/mol. The Hall–Kier alpha value is -3.57. The van der Waals surface area contributed by atoms with Crippen LogP contribution in [0.3, 0.4) is 0 Å². The molecule has 4 heterocycles. The molecule has 0 atom stereocenters. The molecule has 0 radical (unpaired) electrons. The maximum Gasteiger partial charge on any atom is 0.433 e. The van der Waals surface area contributed by atoms with Gasteiger partial charge in [0.25, 0.3) is 0 Å². The zero-order valence-corrected chi connectivity index (χ0v) is 18.4. The first kappa shape index (κ1) is 22.2. The standard InChI is InChI=1S/C23H23F3N8/c1-14-20(29-13-30-21(14)23(24,25)26)16-2-3-17-18(11-16)32-22(31-17)33-19-10-15(4-5-28-19)12-34-8-6-27-7-9-34/h2-5,10-11,13,27H,6-9,12H2,1H3,(H2,28,31,32,33). The summed E-state index contributed by atoms with van der Waals surface area (Å²) in [4.78, 5) is 22.0. The highest BCUT2D eigenvalue weighted by Crippen LogP contribution is 2.34. The number of nitrogens with zero attached hydrogens (tertiary/aromatic N) is 5. The number of imidazole rings is 1. The van der Waals surface area contributed by atoms with E-state index < -0.39 is 11.9 Å². The number of hydrogen-bond donors (Lipinski definition) is 3. The summed E-state index contributed by atoms with van der Waals surface area (Å²) < 4.78 is 39.7. The first-order chi connectivity index (χ1) is 16.4. The third-order valence-electron chi connectivity index (χ3n) is 5.79. The third kappa shape index (κ3) is 4.70. The van der Waals surface area contributed by atoms with Gasteiger partial charge in [-0.15, -0.1) is 0 Å². The Kier molecular flexibility index (Phi) is 5.88. The van der Waals surface area contributed by atoms with Gasteiger partial charge in [-0.2, -0.15) is 13.2 Å². The Balaban J connectivity index is 1.37. The van der Waals surface area contributed by atoms with Crippen molar-refractivity contribution in [2.24, 2.45) is 0 Å². The number of fused-ring (bicyclic) bond motifs is 1. The number of aromatic amines is 1. The van der Waals surface area contributed by atoms with E-state index in [1.165, 1.54) is 6.92 Å². The normalized spacial score (nSPS) is 15.1. The molecule has 11 heteroatoms. The highest BCUT2D eigenvalue weighted by atomic mass is 19.4. The van der Waals surface area contributed by atoms with Crippen molar-refractivity contribution >= 4 is 22.8 Å². The van der Waals surface area contributed by atoms with Crippen LogP contribution in [0, 0.1) is 6.92 Å². The number of rotatable bonds is 5. The minimum absolute atomic E-state index is 0.0160. The van der Waals surface area contributed by atoms with Gasteiger partial charge in [-0.3, -0.25) is 4.90 Å². The molecule has 34 heavy (non-hydrogen) atoms. The lowest BCUT2D eigenvalue weighted by Crippen LogP contribution is -2.42. The van der Waals surface area contributed by atoms with Gasteiger partial charge in [0, 0.05) is 50.0 Å². The SMILES string of the molecule is Cc1c(-c2ccc3nc(Nc4cc(CN5CCNCC5)ccn4)[nH]c3c2)ncnc1C(F)(F)F. The largest absolute Gasteiger partial charge is 0.433 e. The zero-order valence-electron chi connectivity index (χ0n) is 18.4. The quantitative estimate of drug-likeness (QED) is 0.409. The van der Waals surface area contributed by atoms with Crippen molar-refractivity contribution in [2.45, 2.75) is 19.6 Å². The van der Waals surface area contributed by atoms with Crippen molar-refractivity contribution in [3.8, 4) is 11.3 Å². The number of benzene rings is 1. The van der Waals surface area contributed by atoms with Gasteiger partial charge in [0.1, 0.15) is 12.1 Å². The zero-order chi connectivity index (χ0) is 23.7. The van der Waals surface area contributed by atoms with E-state index in [-0.39, 0.29) is 11.3 Å². The summed E-state index contributed by atoms with van der Waals surface area (Å²) in [5, 5.41) is 6.54. The summed E-state index contributed by atoms with van der Waals surface area (Å²) in [6.07, 6.45) is -1.84. The predicted octanol–water partition coefficient (Wildman–Crippen LogP) is 3.89. The van der Waals surface area contributed by atoms with Crippen molar-refractivity contribution in [3.63, 3.8) is 0 Å². The Morgan fingerprint density at radius 3 is 2.68 bits per heavy atom. The molecule has 0 aliphatic carbocycles. The van der Waals surface area contributed by atoms with E-state index in [0.717, 1.165) is 44.6 Å². The molecule has 0 spiro atoms. The molecular weight excluding hydrogens is 445 g/mol. The van der Waals surface area contributed by atoms with Crippen LogP contribution in [0.1, 0.15) is 16.8 Å². The smallest absolute Gasteiger partial charge is 0.324 e. The van der Waals surface area contributed by atoms with Gasteiger partial charge in [-0.1, -0.05) is 6.07 Å². The average Bonchev–Trinajstić information content (AvgIpc) is 3.21. The van der Waals surface area contributed by atoms with Crippen molar-refractivity contribution in [1.29, 1.82) is 0 Å². The fourth-order valence-electron chi connectivity index (χ4n) is 4.13. The first-order valence-electron chi connectivity index (χ1n) is 10.9. The minimum Gasteiger partial charge on any atom is -0.324 e. The second-order valence-electron chi connectivity index (χ2n) is 8.21.